The van der Waals surface area contributed by atoms with Crippen LogP contribution >= 0.6 is 11.6 Å². The third-order valence-corrected chi connectivity index (χ3v) is 3.58. The van der Waals surface area contributed by atoms with Crippen molar-refractivity contribution in [3.63, 3.8) is 0 Å². The Labute approximate surface area is 120 Å². The number of nitrogens with zero attached hydrogens (tertiary/aromatic N) is 1. The minimum absolute atomic E-state index is 0.00968. The van der Waals surface area contributed by atoms with Gasteiger partial charge in [0.1, 0.15) is 0 Å². The van der Waals surface area contributed by atoms with Crippen LogP contribution in [0.15, 0.2) is 18.2 Å². The fourth-order valence-electron chi connectivity index (χ4n) is 1.77. The van der Waals surface area contributed by atoms with E-state index in [0.29, 0.717) is 10.6 Å². The normalized spacial score (nSPS) is 12.1. The van der Waals surface area contributed by atoms with Crippen molar-refractivity contribution in [2.45, 2.75) is 39.7 Å². The molecule has 1 N–H and O–H groups in total. The van der Waals surface area contributed by atoms with Crippen LogP contribution in [0, 0.1) is 0 Å². The predicted octanol–water partition coefficient (Wildman–Crippen LogP) is 4.03. The summed E-state index contributed by atoms with van der Waals surface area (Å²) in [5.41, 5.74) is 1.50. The highest BCUT2D eigenvalue weighted by molar-refractivity contribution is 6.31. The summed E-state index contributed by atoms with van der Waals surface area (Å²) in [5, 5.41) is 3.86. The molecule has 0 fully saturated rings. The molecule has 4 heteroatoms. The monoisotopic (exact) mass is 282 g/mol. The van der Waals surface area contributed by atoms with Crippen molar-refractivity contribution in [2.75, 3.05) is 18.9 Å². The van der Waals surface area contributed by atoms with E-state index in [1.165, 1.54) is 0 Å². The van der Waals surface area contributed by atoms with E-state index in [9.17, 15) is 4.79 Å². The van der Waals surface area contributed by atoms with Gasteiger partial charge in [0.2, 0.25) is 0 Å². The van der Waals surface area contributed by atoms with Crippen LogP contribution in [0.3, 0.4) is 0 Å². The molecule has 0 bridgehead atoms. The van der Waals surface area contributed by atoms with E-state index in [4.69, 9.17) is 11.6 Å². The maximum atomic E-state index is 12.5. The average molecular weight is 283 g/mol. The first kappa shape index (κ1) is 15.8. The predicted molar refractivity (Wildman–Crippen MR) is 82.1 cm³/mol. The quantitative estimate of drug-likeness (QED) is 0.854. The summed E-state index contributed by atoms with van der Waals surface area (Å²) < 4.78 is 0. The van der Waals surface area contributed by atoms with Gasteiger partial charge in [-0.15, -0.1) is 0 Å². The van der Waals surface area contributed by atoms with Gasteiger partial charge in [0.25, 0.3) is 5.91 Å². The minimum Gasteiger partial charge on any atom is -0.384 e. The van der Waals surface area contributed by atoms with E-state index < -0.39 is 0 Å². The van der Waals surface area contributed by atoms with Gasteiger partial charge in [0, 0.05) is 30.3 Å². The third kappa shape index (κ3) is 4.13. The van der Waals surface area contributed by atoms with Crippen LogP contribution in [0.5, 0.6) is 0 Å². The van der Waals surface area contributed by atoms with Crippen LogP contribution in [-0.2, 0) is 0 Å². The lowest BCUT2D eigenvalue weighted by molar-refractivity contribution is 0.0741. The fourth-order valence-corrected chi connectivity index (χ4v) is 1.94. The Kier molecular flexibility index (Phi) is 6.16. The second-order valence-corrected chi connectivity index (χ2v) is 5.23. The van der Waals surface area contributed by atoms with E-state index in [0.717, 1.165) is 25.1 Å². The highest BCUT2D eigenvalue weighted by Gasteiger charge is 2.19. The Balaban J connectivity index is 3.02. The molecule has 106 valence electrons. The molecular formula is C15H23ClN2O. The number of nitrogens with one attached hydrogen (secondary N) is 1. The number of hydrogen-bond donors (Lipinski definition) is 1. The Morgan fingerprint density at radius 1 is 1.42 bits per heavy atom. The lowest BCUT2D eigenvalue weighted by Crippen LogP contribution is -2.35. The van der Waals surface area contributed by atoms with Crippen LogP contribution in [0.25, 0.3) is 0 Å². The first-order chi connectivity index (χ1) is 9.01. The summed E-state index contributed by atoms with van der Waals surface area (Å²) in [5.74, 6) is 0.00968. The van der Waals surface area contributed by atoms with Gasteiger partial charge < -0.3 is 10.2 Å². The van der Waals surface area contributed by atoms with Crippen molar-refractivity contribution < 1.29 is 4.79 Å². The van der Waals surface area contributed by atoms with Gasteiger partial charge in [0.15, 0.2) is 0 Å². The summed E-state index contributed by atoms with van der Waals surface area (Å²) in [6.45, 7) is 7.05. The number of benzene rings is 1. The number of amides is 1. The molecule has 0 aliphatic carbocycles. The van der Waals surface area contributed by atoms with Gasteiger partial charge in [-0.3, -0.25) is 4.79 Å². The second-order valence-electron chi connectivity index (χ2n) is 4.79. The van der Waals surface area contributed by atoms with Crippen LogP contribution in [-0.4, -0.2) is 30.4 Å². The number of halogens is 1. The molecule has 19 heavy (non-hydrogen) atoms. The van der Waals surface area contributed by atoms with Crippen molar-refractivity contribution in [1.82, 2.24) is 4.90 Å². The van der Waals surface area contributed by atoms with Gasteiger partial charge in [-0.25, -0.2) is 0 Å². The Morgan fingerprint density at radius 3 is 2.68 bits per heavy atom. The molecule has 1 aromatic carbocycles. The number of carbonyl (C=O) groups is 1. The molecule has 1 aromatic rings. The molecule has 0 heterocycles. The molecule has 0 aliphatic heterocycles. The second kappa shape index (κ2) is 7.39. The molecule has 3 nitrogen and oxygen atoms in total. The number of rotatable bonds is 6. The summed E-state index contributed by atoms with van der Waals surface area (Å²) in [4.78, 5) is 14.3. The fraction of sp³-hybridized carbons (Fsp3) is 0.533. The van der Waals surface area contributed by atoms with Crippen molar-refractivity contribution in [3.8, 4) is 0 Å². The van der Waals surface area contributed by atoms with Crippen molar-refractivity contribution >= 4 is 23.2 Å². The number of hydrogen-bond acceptors (Lipinski definition) is 2. The van der Waals surface area contributed by atoms with Crippen LogP contribution < -0.4 is 5.32 Å². The number of anilines is 1. The van der Waals surface area contributed by atoms with E-state index >= 15 is 0 Å². The Hall–Kier alpha value is -1.22. The van der Waals surface area contributed by atoms with E-state index in [1.807, 2.05) is 20.0 Å². The van der Waals surface area contributed by atoms with Gasteiger partial charge >= 0.3 is 0 Å². The zero-order valence-electron chi connectivity index (χ0n) is 12.2. The van der Waals surface area contributed by atoms with Gasteiger partial charge in [0.05, 0.1) is 5.56 Å². The molecule has 0 aliphatic rings. The molecule has 0 radical (unpaired) electrons. The Morgan fingerprint density at radius 2 is 2.11 bits per heavy atom. The highest BCUT2D eigenvalue weighted by atomic mass is 35.5. The molecule has 1 rings (SSSR count). The van der Waals surface area contributed by atoms with Gasteiger partial charge in [-0.2, -0.15) is 0 Å². The summed E-state index contributed by atoms with van der Waals surface area (Å²) in [6.07, 6.45) is 1.94. The molecule has 0 saturated carbocycles. The number of carbonyl (C=O) groups excluding carboxylic acids is 1. The van der Waals surface area contributed by atoms with Gasteiger partial charge in [-0.1, -0.05) is 25.4 Å². The molecule has 1 atom stereocenters. The standard InChI is InChI=1S/C15H23ClN2O/c1-5-9-17-14-8-7-12(16)10-13(14)15(19)18(4)11(3)6-2/h7-8,10-11,17H,5-6,9H2,1-4H3. The molecule has 1 unspecified atom stereocenters. The van der Waals surface area contributed by atoms with Crippen molar-refractivity contribution in [2.24, 2.45) is 0 Å². The summed E-state index contributed by atoms with van der Waals surface area (Å²) >= 11 is 6.01. The first-order valence-electron chi connectivity index (χ1n) is 6.81. The third-order valence-electron chi connectivity index (χ3n) is 3.35. The van der Waals surface area contributed by atoms with Crippen LogP contribution in [0.2, 0.25) is 5.02 Å². The first-order valence-corrected chi connectivity index (χ1v) is 7.19. The molecule has 0 spiro atoms. The smallest absolute Gasteiger partial charge is 0.255 e. The van der Waals surface area contributed by atoms with Gasteiger partial charge in [-0.05, 0) is 38.0 Å². The van der Waals surface area contributed by atoms with Crippen LogP contribution in [0.4, 0.5) is 5.69 Å². The lowest BCUT2D eigenvalue weighted by Gasteiger charge is -2.25. The Bertz CT molecular complexity index is 434. The molecular weight excluding hydrogens is 260 g/mol. The SMILES string of the molecule is CCCNc1ccc(Cl)cc1C(=O)N(C)C(C)CC. The summed E-state index contributed by atoms with van der Waals surface area (Å²) in [6, 6.07) is 5.63. The molecule has 1 amide bonds. The molecule has 0 aromatic heterocycles. The van der Waals surface area contributed by atoms with Crippen molar-refractivity contribution in [1.29, 1.82) is 0 Å². The van der Waals surface area contributed by atoms with Crippen LogP contribution in [0.1, 0.15) is 44.0 Å². The highest BCUT2D eigenvalue weighted by Crippen LogP contribution is 2.23. The lowest BCUT2D eigenvalue weighted by atomic mass is 10.1. The van der Waals surface area contributed by atoms with E-state index in [2.05, 4.69) is 19.2 Å². The van der Waals surface area contributed by atoms with E-state index in [-0.39, 0.29) is 11.9 Å². The summed E-state index contributed by atoms with van der Waals surface area (Å²) in [7, 11) is 1.83. The maximum Gasteiger partial charge on any atom is 0.255 e. The molecule has 0 saturated heterocycles. The van der Waals surface area contributed by atoms with E-state index in [1.54, 1.807) is 17.0 Å². The zero-order valence-corrected chi connectivity index (χ0v) is 12.9. The minimum atomic E-state index is 0.00968. The average Bonchev–Trinajstić information content (AvgIpc) is 2.43. The maximum absolute atomic E-state index is 12.5. The largest absolute Gasteiger partial charge is 0.384 e. The topological polar surface area (TPSA) is 32.3 Å². The zero-order chi connectivity index (χ0) is 14.4. The van der Waals surface area contributed by atoms with Crippen molar-refractivity contribution in [3.05, 3.63) is 28.8 Å².